The minimum atomic E-state index is -0.603. The van der Waals surface area contributed by atoms with E-state index in [1.807, 2.05) is 36.4 Å². The van der Waals surface area contributed by atoms with Gasteiger partial charge in [-0.3, -0.25) is 9.59 Å². The summed E-state index contributed by atoms with van der Waals surface area (Å²) in [7, 11) is 0. The van der Waals surface area contributed by atoms with E-state index in [9.17, 15) is 9.59 Å². The van der Waals surface area contributed by atoms with E-state index in [0.29, 0.717) is 35.4 Å². The van der Waals surface area contributed by atoms with Gasteiger partial charge >= 0.3 is 0 Å². The molecule has 1 aliphatic carbocycles. The van der Waals surface area contributed by atoms with Crippen LogP contribution in [0.25, 0.3) is 10.8 Å². The van der Waals surface area contributed by atoms with Crippen molar-refractivity contribution in [2.45, 2.75) is 33.6 Å². The molecular formula is C23H23N3O3. The van der Waals surface area contributed by atoms with Gasteiger partial charge in [-0.1, -0.05) is 50.2 Å². The molecule has 6 nitrogen and oxygen atoms in total. The number of rotatable bonds is 3. The van der Waals surface area contributed by atoms with Gasteiger partial charge < -0.3 is 10.2 Å². The number of hydrogen-bond donors (Lipinski definition) is 2. The number of hydrazone groups is 1. The predicted molar refractivity (Wildman–Crippen MR) is 112 cm³/mol. The van der Waals surface area contributed by atoms with E-state index in [-0.39, 0.29) is 17.1 Å². The molecule has 3 N–H and O–H groups in total. The zero-order valence-electron chi connectivity index (χ0n) is 16.7. The first-order valence-corrected chi connectivity index (χ1v) is 9.54. The average Bonchev–Trinajstić information content (AvgIpc) is 3.00. The summed E-state index contributed by atoms with van der Waals surface area (Å²) in [6.07, 6.45) is 1.32. The summed E-state index contributed by atoms with van der Waals surface area (Å²) < 4.78 is 5.75. The maximum atomic E-state index is 12.9. The van der Waals surface area contributed by atoms with E-state index < -0.39 is 5.91 Å². The summed E-state index contributed by atoms with van der Waals surface area (Å²) in [6.45, 7) is 5.99. The van der Waals surface area contributed by atoms with Gasteiger partial charge in [-0.15, -0.1) is 0 Å². The van der Waals surface area contributed by atoms with Crippen LogP contribution in [0.4, 0.5) is 0 Å². The van der Waals surface area contributed by atoms with Crippen molar-refractivity contribution < 1.29 is 14.0 Å². The molecule has 148 valence electrons. The average molecular weight is 389 g/mol. The highest BCUT2D eigenvalue weighted by molar-refractivity contribution is 6.09. The molecular weight excluding hydrogens is 366 g/mol. The van der Waals surface area contributed by atoms with E-state index in [4.69, 9.17) is 10.2 Å². The van der Waals surface area contributed by atoms with Gasteiger partial charge in [0.05, 0.1) is 5.71 Å². The second-order valence-corrected chi connectivity index (χ2v) is 8.26. The molecule has 2 amide bonds. The van der Waals surface area contributed by atoms with Crippen LogP contribution in [0, 0.1) is 12.3 Å². The Morgan fingerprint density at radius 3 is 2.59 bits per heavy atom. The zero-order valence-corrected chi connectivity index (χ0v) is 16.7. The summed E-state index contributed by atoms with van der Waals surface area (Å²) in [5, 5.41) is 6.30. The SMILES string of the molecule is Cc1c(C(N)=O)oc2c1/C(=N/NC(=O)c1cccc3ccccc13)CC(C)(C)C2. The lowest BCUT2D eigenvalue weighted by Gasteiger charge is -2.29. The summed E-state index contributed by atoms with van der Waals surface area (Å²) in [5.41, 5.74) is 10.7. The van der Waals surface area contributed by atoms with Crippen molar-refractivity contribution in [1.29, 1.82) is 0 Å². The van der Waals surface area contributed by atoms with Gasteiger partial charge in [-0.25, -0.2) is 5.43 Å². The molecule has 1 aromatic heterocycles. The number of carbonyl (C=O) groups is 2. The fourth-order valence-electron chi connectivity index (χ4n) is 4.05. The molecule has 0 spiro atoms. The fraction of sp³-hybridized carbons (Fsp3) is 0.261. The Labute approximate surface area is 168 Å². The highest BCUT2D eigenvalue weighted by Gasteiger charge is 2.35. The normalized spacial score (nSPS) is 16.6. The summed E-state index contributed by atoms with van der Waals surface area (Å²) in [6, 6.07) is 13.3. The number of nitrogens with zero attached hydrogens (tertiary/aromatic N) is 1. The molecule has 0 radical (unpaired) electrons. The van der Waals surface area contributed by atoms with Crippen LogP contribution < -0.4 is 11.2 Å². The number of nitrogens with one attached hydrogen (secondary N) is 1. The number of hydrogen-bond acceptors (Lipinski definition) is 4. The van der Waals surface area contributed by atoms with Crippen molar-refractivity contribution in [3.8, 4) is 0 Å². The maximum Gasteiger partial charge on any atom is 0.284 e. The summed E-state index contributed by atoms with van der Waals surface area (Å²) >= 11 is 0. The first-order chi connectivity index (χ1) is 13.8. The topological polar surface area (TPSA) is 97.7 Å². The van der Waals surface area contributed by atoms with E-state index in [0.717, 1.165) is 16.3 Å². The van der Waals surface area contributed by atoms with E-state index >= 15 is 0 Å². The molecule has 29 heavy (non-hydrogen) atoms. The van der Waals surface area contributed by atoms with Gasteiger partial charge in [0.25, 0.3) is 11.8 Å². The Balaban J connectivity index is 1.71. The minimum Gasteiger partial charge on any atom is -0.455 e. The van der Waals surface area contributed by atoms with E-state index in [2.05, 4.69) is 24.4 Å². The van der Waals surface area contributed by atoms with Gasteiger partial charge in [0, 0.05) is 23.1 Å². The van der Waals surface area contributed by atoms with Crippen LogP contribution in [0.2, 0.25) is 0 Å². The lowest BCUT2D eigenvalue weighted by atomic mass is 9.75. The van der Waals surface area contributed by atoms with Crippen molar-refractivity contribution in [1.82, 2.24) is 5.43 Å². The molecule has 6 heteroatoms. The number of benzene rings is 2. The maximum absolute atomic E-state index is 12.9. The Morgan fingerprint density at radius 1 is 1.10 bits per heavy atom. The Bertz CT molecular complexity index is 1170. The number of amides is 2. The second-order valence-electron chi connectivity index (χ2n) is 8.26. The van der Waals surface area contributed by atoms with Crippen molar-refractivity contribution >= 4 is 28.3 Å². The third kappa shape index (κ3) is 3.42. The van der Waals surface area contributed by atoms with E-state index in [1.165, 1.54) is 0 Å². The number of carbonyl (C=O) groups excluding carboxylic acids is 2. The van der Waals surface area contributed by atoms with Crippen LogP contribution in [0.5, 0.6) is 0 Å². The lowest BCUT2D eigenvalue weighted by molar-refractivity contribution is 0.0953. The molecule has 3 aromatic rings. The third-order valence-corrected chi connectivity index (χ3v) is 5.34. The lowest BCUT2D eigenvalue weighted by Crippen LogP contribution is -2.29. The summed E-state index contributed by atoms with van der Waals surface area (Å²) in [5.74, 6) is -0.0455. The molecule has 1 aliphatic rings. The standard InChI is InChI=1S/C23H23N3O3/c1-13-19-17(11-23(2,3)12-18(19)29-20(13)21(24)27)25-26-22(28)16-10-6-8-14-7-4-5-9-15(14)16/h4-10H,11-12H2,1-3H3,(H2,24,27)(H,26,28)/b25-17+. The Morgan fingerprint density at radius 2 is 1.83 bits per heavy atom. The van der Waals surface area contributed by atoms with Crippen molar-refractivity contribution in [2.75, 3.05) is 0 Å². The van der Waals surface area contributed by atoms with Gasteiger partial charge in [-0.05, 0) is 35.6 Å². The second kappa shape index (κ2) is 6.88. The Hall–Kier alpha value is -3.41. The van der Waals surface area contributed by atoms with Crippen LogP contribution in [0.15, 0.2) is 52.0 Å². The fourth-order valence-corrected chi connectivity index (χ4v) is 4.05. The smallest absolute Gasteiger partial charge is 0.284 e. The van der Waals surface area contributed by atoms with Gasteiger partial charge in [0.2, 0.25) is 0 Å². The van der Waals surface area contributed by atoms with Gasteiger partial charge in [-0.2, -0.15) is 5.10 Å². The van der Waals surface area contributed by atoms with Crippen LogP contribution in [0.1, 0.15) is 58.1 Å². The molecule has 0 atom stereocenters. The molecule has 0 saturated carbocycles. The van der Waals surface area contributed by atoms with Crippen LogP contribution in [-0.4, -0.2) is 17.5 Å². The zero-order chi connectivity index (χ0) is 20.8. The first kappa shape index (κ1) is 18.9. The highest BCUT2D eigenvalue weighted by Crippen LogP contribution is 2.38. The first-order valence-electron chi connectivity index (χ1n) is 9.54. The molecule has 0 fully saturated rings. The van der Waals surface area contributed by atoms with Crippen LogP contribution in [-0.2, 0) is 6.42 Å². The van der Waals surface area contributed by atoms with Crippen molar-refractivity contribution in [3.05, 3.63) is 70.7 Å². The monoisotopic (exact) mass is 389 g/mol. The highest BCUT2D eigenvalue weighted by atomic mass is 16.4. The number of fused-ring (bicyclic) bond motifs is 2. The van der Waals surface area contributed by atoms with Gasteiger partial charge in [0.1, 0.15) is 5.76 Å². The molecule has 2 aromatic carbocycles. The molecule has 1 heterocycles. The third-order valence-electron chi connectivity index (χ3n) is 5.34. The number of nitrogens with two attached hydrogens (primary N) is 1. The largest absolute Gasteiger partial charge is 0.455 e. The predicted octanol–water partition coefficient (Wildman–Crippen LogP) is 3.95. The summed E-state index contributed by atoms with van der Waals surface area (Å²) in [4.78, 5) is 24.6. The minimum absolute atomic E-state index is 0.116. The molecule has 0 unspecified atom stereocenters. The quantitative estimate of drug-likeness (QED) is 0.664. The number of furan rings is 1. The van der Waals surface area contributed by atoms with Crippen molar-refractivity contribution in [2.24, 2.45) is 16.3 Å². The van der Waals surface area contributed by atoms with E-state index in [1.54, 1.807) is 13.0 Å². The van der Waals surface area contributed by atoms with Crippen molar-refractivity contribution in [3.63, 3.8) is 0 Å². The molecule has 4 rings (SSSR count). The van der Waals surface area contributed by atoms with Crippen LogP contribution >= 0.6 is 0 Å². The molecule has 0 saturated heterocycles. The Kier molecular flexibility index (Phi) is 4.49. The van der Waals surface area contributed by atoms with Crippen LogP contribution in [0.3, 0.4) is 0 Å². The molecule has 0 bridgehead atoms. The van der Waals surface area contributed by atoms with Gasteiger partial charge in [0.15, 0.2) is 5.76 Å². The number of primary amides is 1. The molecule has 0 aliphatic heterocycles.